The van der Waals surface area contributed by atoms with Crippen LogP contribution in [0.25, 0.3) is 0 Å². The van der Waals surface area contributed by atoms with E-state index in [1.54, 1.807) is 12.4 Å². The number of hydrogen-bond acceptors (Lipinski definition) is 5. The van der Waals surface area contributed by atoms with Gasteiger partial charge < -0.3 is 10.1 Å². The van der Waals surface area contributed by atoms with E-state index in [1.165, 1.54) is 11.3 Å². The highest BCUT2D eigenvalue weighted by molar-refractivity contribution is 7.13. The van der Waals surface area contributed by atoms with E-state index in [0.717, 1.165) is 17.1 Å². The summed E-state index contributed by atoms with van der Waals surface area (Å²) in [5.41, 5.74) is 0.744. The largest absolute Gasteiger partial charge is 0.485 e. The fourth-order valence-electron chi connectivity index (χ4n) is 1.62. The zero-order valence-corrected chi connectivity index (χ0v) is 12.4. The predicted octanol–water partition coefficient (Wildman–Crippen LogP) is 2.57. The fourth-order valence-corrected chi connectivity index (χ4v) is 2.52. The van der Waals surface area contributed by atoms with Crippen LogP contribution in [0.2, 0.25) is 0 Å². The number of rotatable bonds is 6. The second-order valence-electron chi connectivity index (χ2n) is 4.26. The van der Waals surface area contributed by atoms with Gasteiger partial charge in [0, 0.05) is 12.7 Å². The topological polar surface area (TPSA) is 64.1 Å². The van der Waals surface area contributed by atoms with Crippen molar-refractivity contribution in [1.29, 1.82) is 0 Å². The second kappa shape index (κ2) is 7.00. The van der Waals surface area contributed by atoms with Gasteiger partial charge in [-0.15, -0.1) is 11.3 Å². The van der Waals surface area contributed by atoms with Crippen molar-refractivity contribution in [3.05, 3.63) is 40.1 Å². The molecule has 0 aliphatic heterocycles. The first-order chi connectivity index (χ1) is 9.70. The molecule has 2 aromatic heterocycles. The van der Waals surface area contributed by atoms with Crippen LogP contribution < -0.4 is 10.1 Å². The van der Waals surface area contributed by atoms with E-state index in [0.29, 0.717) is 23.8 Å². The number of aromatic nitrogens is 2. The highest BCUT2D eigenvalue weighted by Crippen LogP contribution is 2.19. The Kier molecular flexibility index (Phi) is 5.06. The van der Waals surface area contributed by atoms with Gasteiger partial charge in [-0.05, 0) is 25.5 Å². The lowest BCUT2D eigenvalue weighted by atomic mass is 10.3. The SMILES string of the molecule is CCCNC(=O)c1sc(COc2cccnc2)nc1C. The van der Waals surface area contributed by atoms with Crippen LogP contribution in [0.1, 0.15) is 33.7 Å². The molecule has 2 heterocycles. The minimum atomic E-state index is -0.0607. The summed E-state index contributed by atoms with van der Waals surface area (Å²) in [6.07, 6.45) is 4.26. The Bertz CT molecular complexity index is 569. The van der Waals surface area contributed by atoms with E-state index in [2.05, 4.69) is 15.3 Å². The van der Waals surface area contributed by atoms with Crippen LogP contribution in [-0.2, 0) is 6.61 Å². The first-order valence-electron chi connectivity index (χ1n) is 6.48. The molecule has 0 aliphatic carbocycles. The minimum absolute atomic E-state index is 0.0607. The molecule has 20 heavy (non-hydrogen) atoms. The number of carbonyl (C=O) groups excluding carboxylic acids is 1. The predicted molar refractivity (Wildman–Crippen MR) is 78.0 cm³/mol. The van der Waals surface area contributed by atoms with Gasteiger partial charge in [0.2, 0.25) is 0 Å². The number of ether oxygens (including phenoxy) is 1. The maximum atomic E-state index is 11.9. The molecule has 6 heteroatoms. The molecule has 0 atom stereocenters. The van der Waals surface area contributed by atoms with Gasteiger partial charge in [-0.25, -0.2) is 4.98 Å². The van der Waals surface area contributed by atoms with Crippen LogP contribution in [0.4, 0.5) is 0 Å². The maximum Gasteiger partial charge on any atom is 0.263 e. The van der Waals surface area contributed by atoms with Crippen LogP contribution in [-0.4, -0.2) is 22.4 Å². The summed E-state index contributed by atoms with van der Waals surface area (Å²) < 4.78 is 5.57. The smallest absolute Gasteiger partial charge is 0.263 e. The van der Waals surface area contributed by atoms with Crippen LogP contribution in [0.3, 0.4) is 0 Å². The molecule has 0 radical (unpaired) electrons. The van der Waals surface area contributed by atoms with Crippen molar-refractivity contribution in [2.75, 3.05) is 6.54 Å². The Morgan fingerprint density at radius 1 is 1.50 bits per heavy atom. The first-order valence-corrected chi connectivity index (χ1v) is 7.29. The normalized spacial score (nSPS) is 10.3. The monoisotopic (exact) mass is 291 g/mol. The molecule has 2 aromatic rings. The number of thiazole rings is 1. The lowest BCUT2D eigenvalue weighted by Gasteiger charge is -2.02. The highest BCUT2D eigenvalue weighted by Gasteiger charge is 2.14. The Balaban J connectivity index is 1.98. The fraction of sp³-hybridized carbons (Fsp3) is 0.357. The average molecular weight is 291 g/mol. The first kappa shape index (κ1) is 14.5. The van der Waals surface area contributed by atoms with Crippen LogP contribution in [0, 0.1) is 6.92 Å². The molecule has 1 amide bonds. The molecule has 1 N–H and O–H groups in total. The number of aryl methyl sites for hydroxylation is 1. The quantitative estimate of drug-likeness (QED) is 0.888. The summed E-state index contributed by atoms with van der Waals surface area (Å²) in [6.45, 7) is 4.88. The van der Waals surface area contributed by atoms with Crippen molar-refractivity contribution in [1.82, 2.24) is 15.3 Å². The third-order valence-electron chi connectivity index (χ3n) is 2.58. The molecule has 0 unspecified atom stereocenters. The van der Waals surface area contributed by atoms with Crippen LogP contribution in [0.5, 0.6) is 5.75 Å². The molecule has 0 spiro atoms. The van der Waals surface area contributed by atoms with E-state index in [1.807, 2.05) is 26.0 Å². The third kappa shape index (κ3) is 3.77. The summed E-state index contributed by atoms with van der Waals surface area (Å²) in [6, 6.07) is 3.65. The van der Waals surface area contributed by atoms with Gasteiger partial charge >= 0.3 is 0 Å². The number of carbonyl (C=O) groups is 1. The zero-order valence-electron chi connectivity index (χ0n) is 11.5. The van der Waals surface area contributed by atoms with Gasteiger partial charge in [-0.1, -0.05) is 6.92 Å². The standard InChI is InChI=1S/C14H17N3O2S/c1-3-6-16-14(18)13-10(2)17-12(20-13)9-19-11-5-4-7-15-8-11/h4-5,7-8H,3,6,9H2,1-2H3,(H,16,18). The van der Waals surface area contributed by atoms with Gasteiger partial charge in [0.1, 0.15) is 22.2 Å². The maximum absolute atomic E-state index is 11.9. The molecular formula is C14H17N3O2S. The molecular weight excluding hydrogens is 274 g/mol. The van der Waals surface area contributed by atoms with Crippen LogP contribution >= 0.6 is 11.3 Å². The number of pyridine rings is 1. The van der Waals surface area contributed by atoms with Gasteiger partial charge in [0.25, 0.3) is 5.91 Å². The molecule has 0 saturated carbocycles. The molecule has 5 nitrogen and oxygen atoms in total. The Morgan fingerprint density at radius 2 is 2.35 bits per heavy atom. The van der Waals surface area contributed by atoms with Crippen molar-refractivity contribution < 1.29 is 9.53 Å². The van der Waals surface area contributed by atoms with Crippen molar-refractivity contribution in [2.45, 2.75) is 26.9 Å². The summed E-state index contributed by atoms with van der Waals surface area (Å²) in [7, 11) is 0. The summed E-state index contributed by atoms with van der Waals surface area (Å²) >= 11 is 1.37. The van der Waals surface area contributed by atoms with Crippen molar-refractivity contribution in [3.63, 3.8) is 0 Å². The Labute approximate surface area is 122 Å². The molecule has 2 rings (SSSR count). The molecule has 0 bridgehead atoms. The van der Waals surface area contributed by atoms with E-state index < -0.39 is 0 Å². The number of amides is 1. The molecule has 0 aliphatic rings. The van der Waals surface area contributed by atoms with E-state index in [9.17, 15) is 4.79 Å². The van der Waals surface area contributed by atoms with Gasteiger partial charge in [-0.2, -0.15) is 0 Å². The molecule has 106 valence electrons. The molecule has 0 aromatic carbocycles. The highest BCUT2D eigenvalue weighted by atomic mass is 32.1. The van der Waals surface area contributed by atoms with Crippen molar-refractivity contribution in [3.8, 4) is 5.75 Å². The lowest BCUT2D eigenvalue weighted by Crippen LogP contribution is -2.23. The summed E-state index contributed by atoms with van der Waals surface area (Å²) in [4.78, 5) is 20.9. The Morgan fingerprint density at radius 3 is 3.05 bits per heavy atom. The van der Waals surface area contributed by atoms with E-state index in [-0.39, 0.29) is 5.91 Å². The third-order valence-corrected chi connectivity index (χ3v) is 3.71. The zero-order chi connectivity index (χ0) is 14.4. The number of nitrogens with one attached hydrogen (secondary N) is 1. The van der Waals surface area contributed by atoms with Crippen molar-refractivity contribution in [2.24, 2.45) is 0 Å². The number of hydrogen-bond donors (Lipinski definition) is 1. The lowest BCUT2D eigenvalue weighted by molar-refractivity contribution is 0.0957. The van der Waals surface area contributed by atoms with Gasteiger partial charge in [0.05, 0.1) is 11.9 Å². The van der Waals surface area contributed by atoms with Gasteiger partial charge in [-0.3, -0.25) is 9.78 Å². The van der Waals surface area contributed by atoms with Crippen LogP contribution in [0.15, 0.2) is 24.5 Å². The molecule has 0 saturated heterocycles. The van der Waals surface area contributed by atoms with Crippen molar-refractivity contribution >= 4 is 17.2 Å². The average Bonchev–Trinajstić information content (AvgIpc) is 2.85. The summed E-state index contributed by atoms with van der Waals surface area (Å²) in [5, 5.41) is 3.64. The Hall–Kier alpha value is -1.95. The second-order valence-corrected chi connectivity index (χ2v) is 5.34. The van der Waals surface area contributed by atoms with E-state index in [4.69, 9.17) is 4.74 Å². The van der Waals surface area contributed by atoms with Gasteiger partial charge in [0.15, 0.2) is 0 Å². The summed E-state index contributed by atoms with van der Waals surface area (Å²) in [5.74, 6) is 0.631. The van der Waals surface area contributed by atoms with E-state index >= 15 is 0 Å². The molecule has 0 fully saturated rings. The number of nitrogens with zero attached hydrogens (tertiary/aromatic N) is 2. The minimum Gasteiger partial charge on any atom is -0.485 e.